The molecule has 1 aliphatic heterocycles. The normalized spacial score (nSPS) is 22.6. The average molecular weight is 401 g/mol. The van der Waals surface area contributed by atoms with Crippen LogP contribution in [-0.4, -0.2) is 41.0 Å². The van der Waals surface area contributed by atoms with Crippen LogP contribution < -0.4 is 14.8 Å². The molecule has 0 unspecified atom stereocenters. The third kappa shape index (κ3) is 3.05. The van der Waals surface area contributed by atoms with Crippen molar-refractivity contribution in [1.29, 1.82) is 0 Å². The van der Waals surface area contributed by atoms with Crippen molar-refractivity contribution >= 4 is 23.5 Å². The molecule has 1 aromatic heterocycles. The van der Waals surface area contributed by atoms with E-state index in [1.807, 2.05) is 29.1 Å². The first-order chi connectivity index (χ1) is 13.4. The fourth-order valence-electron chi connectivity index (χ4n) is 4.06. The SMILES string of the molecule is COc1ccc([C@@H]2[C@H]3C(=O)CC(C)(C)C=C3Nc3nc(SC)nn32)cc1OC. The Labute approximate surface area is 168 Å². The van der Waals surface area contributed by atoms with Gasteiger partial charge in [0.2, 0.25) is 11.1 Å². The largest absolute Gasteiger partial charge is 0.493 e. The Kier molecular flexibility index (Phi) is 4.61. The summed E-state index contributed by atoms with van der Waals surface area (Å²) in [4.78, 5) is 17.8. The van der Waals surface area contributed by atoms with E-state index in [-0.39, 0.29) is 23.2 Å². The van der Waals surface area contributed by atoms with Crippen molar-refractivity contribution in [2.45, 2.75) is 31.5 Å². The van der Waals surface area contributed by atoms with Gasteiger partial charge in [-0.3, -0.25) is 4.79 Å². The quantitative estimate of drug-likeness (QED) is 0.787. The van der Waals surface area contributed by atoms with Gasteiger partial charge in [0, 0.05) is 12.1 Å². The topological polar surface area (TPSA) is 78.3 Å². The number of fused-ring (bicyclic) bond motifs is 2. The lowest BCUT2D eigenvalue weighted by Gasteiger charge is -2.40. The molecule has 4 rings (SSSR count). The molecule has 2 aromatic rings. The zero-order chi connectivity index (χ0) is 20.1. The van der Waals surface area contributed by atoms with E-state index >= 15 is 0 Å². The molecule has 0 saturated heterocycles. The minimum atomic E-state index is -0.338. The minimum Gasteiger partial charge on any atom is -0.493 e. The molecule has 0 fully saturated rings. The van der Waals surface area contributed by atoms with Crippen molar-refractivity contribution in [3.8, 4) is 11.5 Å². The van der Waals surface area contributed by atoms with Crippen molar-refractivity contribution in [2.75, 3.05) is 25.8 Å². The summed E-state index contributed by atoms with van der Waals surface area (Å²) in [5.41, 5.74) is 1.64. The monoisotopic (exact) mass is 400 g/mol. The van der Waals surface area contributed by atoms with E-state index in [2.05, 4.69) is 35.3 Å². The fraction of sp³-hybridized carbons (Fsp3) is 0.450. The number of Topliss-reactive ketones (excluding diaryl/α,β-unsaturated/α-hetero) is 1. The highest BCUT2D eigenvalue weighted by molar-refractivity contribution is 7.98. The number of allylic oxidation sites excluding steroid dienone is 2. The Morgan fingerprint density at radius 1 is 1.25 bits per heavy atom. The molecule has 2 atom stereocenters. The van der Waals surface area contributed by atoms with Gasteiger partial charge in [-0.1, -0.05) is 37.8 Å². The molecule has 0 spiro atoms. The number of nitrogens with zero attached hydrogens (tertiary/aromatic N) is 3. The molecule has 1 aromatic carbocycles. The molecule has 148 valence electrons. The second-order valence-electron chi connectivity index (χ2n) is 7.76. The number of hydrogen-bond acceptors (Lipinski definition) is 7. The Hall–Kier alpha value is -2.48. The van der Waals surface area contributed by atoms with Crippen LogP contribution in [0.25, 0.3) is 0 Å². The van der Waals surface area contributed by atoms with E-state index in [9.17, 15) is 4.79 Å². The summed E-state index contributed by atoms with van der Waals surface area (Å²) < 4.78 is 12.7. The van der Waals surface area contributed by atoms with Crippen LogP contribution in [0.3, 0.4) is 0 Å². The number of thioether (sulfide) groups is 1. The molecule has 0 bridgehead atoms. The molecule has 8 heteroatoms. The van der Waals surface area contributed by atoms with Crippen LogP contribution >= 0.6 is 11.8 Å². The molecule has 1 aliphatic carbocycles. The molecule has 2 heterocycles. The van der Waals surface area contributed by atoms with E-state index in [1.54, 1.807) is 14.2 Å². The van der Waals surface area contributed by atoms with Gasteiger partial charge in [-0.05, 0) is 29.4 Å². The lowest BCUT2D eigenvalue weighted by molar-refractivity contribution is -0.125. The number of rotatable bonds is 4. The van der Waals surface area contributed by atoms with Crippen LogP contribution in [0.15, 0.2) is 35.1 Å². The number of carbonyl (C=O) groups is 1. The Bertz CT molecular complexity index is 966. The zero-order valence-corrected chi connectivity index (χ0v) is 17.5. The predicted octanol–water partition coefficient (Wildman–Crippen LogP) is 3.53. The second kappa shape index (κ2) is 6.84. The van der Waals surface area contributed by atoms with Crippen LogP contribution in [0.1, 0.15) is 31.9 Å². The van der Waals surface area contributed by atoms with Crippen LogP contribution in [0, 0.1) is 11.3 Å². The lowest BCUT2D eigenvalue weighted by atomic mass is 9.72. The second-order valence-corrected chi connectivity index (χ2v) is 8.53. The number of hydrogen-bond donors (Lipinski definition) is 1. The smallest absolute Gasteiger partial charge is 0.227 e. The van der Waals surface area contributed by atoms with Crippen LogP contribution in [0.5, 0.6) is 11.5 Å². The van der Waals surface area contributed by atoms with E-state index in [4.69, 9.17) is 9.47 Å². The highest BCUT2D eigenvalue weighted by Gasteiger charge is 2.45. The number of ether oxygens (including phenoxy) is 2. The summed E-state index contributed by atoms with van der Waals surface area (Å²) in [7, 11) is 3.21. The van der Waals surface area contributed by atoms with Gasteiger partial charge in [-0.2, -0.15) is 4.98 Å². The van der Waals surface area contributed by atoms with Gasteiger partial charge in [-0.25, -0.2) is 4.68 Å². The van der Waals surface area contributed by atoms with Crippen LogP contribution in [-0.2, 0) is 4.79 Å². The predicted molar refractivity (Wildman–Crippen MR) is 108 cm³/mol. The van der Waals surface area contributed by atoms with Crippen LogP contribution in [0.2, 0.25) is 0 Å². The maximum Gasteiger partial charge on any atom is 0.227 e. The highest BCUT2D eigenvalue weighted by Crippen LogP contribution is 2.46. The molecular formula is C20H24N4O3S. The number of nitrogens with one attached hydrogen (secondary N) is 1. The lowest BCUT2D eigenvalue weighted by Crippen LogP contribution is -2.42. The van der Waals surface area contributed by atoms with E-state index < -0.39 is 0 Å². The van der Waals surface area contributed by atoms with Crippen molar-refractivity contribution < 1.29 is 14.3 Å². The highest BCUT2D eigenvalue weighted by atomic mass is 32.2. The van der Waals surface area contributed by atoms with Gasteiger partial charge in [0.15, 0.2) is 11.5 Å². The Morgan fingerprint density at radius 3 is 2.68 bits per heavy atom. The number of aromatic nitrogens is 3. The number of ketones is 1. The molecule has 28 heavy (non-hydrogen) atoms. The molecule has 0 saturated carbocycles. The molecule has 0 amide bonds. The maximum atomic E-state index is 13.2. The van der Waals surface area contributed by atoms with Gasteiger partial charge in [0.05, 0.1) is 26.2 Å². The minimum absolute atomic E-state index is 0.192. The summed E-state index contributed by atoms with van der Waals surface area (Å²) in [6.07, 6.45) is 4.59. The molecule has 0 radical (unpaired) electrons. The van der Waals surface area contributed by atoms with Gasteiger partial charge < -0.3 is 14.8 Å². The molecule has 7 nitrogen and oxygen atoms in total. The first-order valence-corrected chi connectivity index (χ1v) is 10.3. The summed E-state index contributed by atoms with van der Waals surface area (Å²) in [6, 6.07) is 5.46. The van der Waals surface area contributed by atoms with Crippen molar-refractivity contribution in [1.82, 2.24) is 14.8 Å². The molecular weight excluding hydrogens is 376 g/mol. The number of methoxy groups -OCH3 is 2. The number of anilines is 1. The third-order valence-electron chi connectivity index (χ3n) is 5.24. The third-order valence-corrected chi connectivity index (χ3v) is 5.78. The van der Waals surface area contributed by atoms with Crippen molar-refractivity contribution in [3.63, 3.8) is 0 Å². The van der Waals surface area contributed by atoms with E-state index in [0.29, 0.717) is 29.0 Å². The summed E-state index contributed by atoms with van der Waals surface area (Å²) in [5, 5.41) is 8.66. The average Bonchev–Trinajstić information content (AvgIpc) is 3.07. The van der Waals surface area contributed by atoms with Gasteiger partial charge >= 0.3 is 0 Å². The molecule has 1 N–H and O–H groups in total. The standard InChI is InChI=1S/C20H24N4O3S/c1-20(2)9-12-16(13(25)10-20)17(24-18(21-12)22-19(23-24)28-5)11-6-7-14(26-3)15(8-11)27-4/h6-9,16-17H,10H2,1-5H3,(H,21,22,23)/t16-,17-/m1/s1. The van der Waals surface area contributed by atoms with Crippen LogP contribution in [0.4, 0.5) is 5.95 Å². The first-order valence-electron chi connectivity index (χ1n) is 9.12. The Morgan fingerprint density at radius 2 is 2.00 bits per heavy atom. The van der Waals surface area contributed by atoms with Crippen molar-refractivity contribution in [3.05, 3.63) is 35.5 Å². The number of carbonyl (C=O) groups excluding carboxylic acids is 1. The maximum absolute atomic E-state index is 13.2. The zero-order valence-electron chi connectivity index (χ0n) is 16.6. The summed E-state index contributed by atoms with van der Waals surface area (Å²) >= 11 is 1.48. The van der Waals surface area contributed by atoms with Crippen molar-refractivity contribution in [2.24, 2.45) is 11.3 Å². The van der Waals surface area contributed by atoms with E-state index in [1.165, 1.54) is 11.8 Å². The summed E-state index contributed by atoms with van der Waals surface area (Å²) in [6.45, 7) is 4.15. The van der Waals surface area contributed by atoms with Gasteiger partial charge in [0.1, 0.15) is 5.78 Å². The summed E-state index contributed by atoms with van der Waals surface area (Å²) in [5.74, 6) is 1.78. The van der Waals surface area contributed by atoms with Gasteiger partial charge in [-0.15, -0.1) is 5.10 Å². The van der Waals surface area contributed by atoms with Gasteiger partial charge in [0.25, 0.3) is 0 Å². The number of benzene rings is 1. The molecule has 2 aliphatic rings. The Balaban J connectivity index is 1.90. The fourth-order valence-corrected chi connectivity index (χ4v) is 4.41. The van der Waals surface area contributed by atoms with E-state index in [0.717, 1.165) is 11.3 Å². The first kappa shape index (κ1) is 18.9.